The zero-order valence-electron chi connectivity index (χ0n) is 34.8. The molecule has 2 saturated heterocycles. The fourth-order valence-corrected chi connectivity index (χ4v) is 8.51. The van der Waals surface area contributed by atoms with Gasteiger partial charge in [0.15, 0.2) is 11.6 Å². The summed E-state index contributed by atoms with van der Waals surface area (Å²) in [4.78, 5) is 58.7. The van der Waals surface area contributed by atoms with Crippen LogP contribution < -0.4 is 16.0 Å². The standard InChI is InChI=1S/C21H22N8OS.C16H13N7S.C5H9NO2/c1-28-10-7-13(20(28)30)19-23-12-17(31-19)16-5-3-4-14(24-16)15-6-9-22-21(25-15)26-18-8-11-29(2)27-18;1-23-9-6-14(22-23)21-16-18-7-5-12(20-16)11-3-2-4-13(19-11)15-17-8-10-24-15;1-6-3-2-4(7)5(6)8/h3-6,8-9,11-13,19,23H,7,10H2,1-2H3,(H,22,25,26,27);2-10H,1H3,(H,18,20,21,22);4,7H,2-3H2,1H3. The van der Waals surface area contributed by atoms with Gasteiger partial charge in [-0.15, -0.1) is 11.3 Å². The number of aliphatic hydroxyl groups is 1. The third-order valence-electron chi connectivity index (χ3n) is 10.0. The topological polar surface area (TPSA) is 223 Å². The lowest BCUT2D eigenvalue weighted by molar-refractivity contribution is -0.133. The fraction of sp³-hybridized carbons (Fsp3) is 0.262. The second-order valence-electron chi connectivity index (χ2n) is 14.6. The number of hydrogen-bond donors (Lipinski definition) is 4. The van der Waals surface area contributed by atoms with E-state index < -0.39 is 6.10 Å². The molecule has 4 N–H and O–H groups in total. The van der Waals surface area contributed by atoms with E-state index in [9.17, 15) is 9.59 Å². The summed E-state index contributed by atoms with van der Waals surface area (Å²) in [6.07, 6.45) is 11.6. The quantitative estimate of drug-likeness (QED) is 0.153. The van der Waals surface area contributed by atoms with Crippen LogP contribution in [0.5, 0.6) is 0 Å². The van der Waals surface area contributed by atoms with Crippen molar-refractivity contribution in [3.05, 3.63) is 109 Å². The number of aliphatic hydroxyl groups excluding tert-OH is 1. The Hall–Kier alpha value is -7.10. The molecule has 0 bridgehead atoms. The Balaban J connectivity index is 0.000000150. The van der Waals surface area contributed by atoms with Gasteiger partial charge in [-0.3, -0.25) is 19.0 Å². The van der Waals surface area contributed by atoms with Crippen LogP contribution in [0, 0.1) is 5.92 Å². The van der Waals surface area contributed by atoms with E-state index >= 15 is 0 Å². The molecule has 10 rings (SSSR count). The van der Waals surface area contributed by atoms with Crippen molar-refractivity contribution in [1.82, 2.24) is 69.6 Å². The molecule has 3 unspecified atom stereocenters. The summed E-state index contributed by atoms with van der Waals surface area (Å²) in [6.45, 7) is 1.51. The van der Waals surface area contributed by atoms with Crippen molar-refractivity contribution < 1.29 is 14.7 Å². The van der Waals surface area contributed by atoms with E-state index in [0.717, 1.165) is 57.0 Å². The average Bonchev–Trinajstić information content (AvgIpc) is 4.19. The molecule has 0 aromatic carbocycles. The molecule has 0 spiro atoms. The molecule has 3 aliphatic heterocycles. The van der Waals surface area contributed by atoms with Gasteiger partial charge >= 0.3 is 0 Å². The Bertz CT molecular complexity index is 2710. The highest BCUT2D eigenvalue weighted by molar-refractivity contribution is 8.09. The van der Waals surface area contributed by atoms with Gasteiger partial charge in [-0.2, -0.15) is 10.2 Å². The van der Waals surface area contributed by atoms with Gasteiger partial charge < -0.3 is 30.9 Å². The van der Waals surface area contributed by atoms with Gasteiger partial charge in [0.2, 0.25) is 17.8 Å². The number of likely N-dealkylation sites (N-methyl/N-ethyl adjacent to an activating group) is 1. The number of aryl methyl sites for hydroxylation is 2. The summed E-state index contributed by atoms with van der Waals surface area (Å²) in [6, 6.07) is 19.1. The van der Waals surface area contributed by atoms with Crippen molar-refractivity contribution in [3.63, 3.8) is 0 Å². The highest BCUT2D eigenvalue weighted by Gasteiger charge is 2.38. The molecule has 21 heteroatoms. The van der Waals surface area contributed by atoms with E-state index in [0.29, 0.717) is 36.5 Å². The number of likely N-dealkylation sites (tertiary alicyclic amines) is 2. The summed E-state index contributed by atoms with van der Waals surface area (Å²) in [7, 11) is 7.27. The molecule has 7 aromatic rings. The van der Waals surface area contributed by atoms with Gasteiger partial charge in [0, 0.05) is 96.0 Å². The lowest BCUT2D eigenvalue weighted by Gasteiger charge is -2.17. The van der Waals surface area contributed by atoms with Crippen LogP contribution in [0.4, 0.5) is 23.5 Å². The first-order valence-electron chi connectivity index (χ1n) is 19.9. The van der Waals surface area contributed by atoms with Crippen molar-refractivity contribution in [2.24, 2.45) is 20.0 Å². The Kier molecular flexibility index (Phi) is 13.0. The maximum absolute atomic E-state index is 12.3. The number of carbonyl (C=O) groups is 2. The first-order valence-corrected chi connectivity index (χ1v) is 21.7. The van der Waals surface area contributed by atoms with Crippen LogP contribution in [-0.2, 0) is 23.7 Å². The third-order valence-corrected chi connectivity index (χ3v) is 12.1. The van der Waals surface area contributed by atoms with Crippen LogP contribution in [0.3, 0.4) is 0 Å². The van der Waals surface area contributed by atoms with E-state index in [4.69, 9.17) is 10.1 Å². The number of aromatic nitrogens is 11. The van der Waals surface area contributed by atoms with E-state index in [-0.39, 0.29) is 23.1 Å². The number of pyridine rings is 2. The SMILES string of the molecule is CN1CCC(C2NC=C(c3cccc(-c4ccnc(Nc5ccn(C)n5)n4)n3)S2)C1=O.CN1CCC(O)C1=O.Cn1ccc(Nc2nccc(-c3cccc(-c4nccs4)n3)n2)n1. The summed E-state index contributed by atoms with van der Waals surface area (Å²) in [5.74, 6) is 2.36. The van der Waals surface area contributed by atoms with Crippen molar-refractivity contribution in [1.29, 1.82) is 0 Å². The molecule has 2 fully saturated rings. The van der Waals surface area contributed by atoms with E-state index in [1.165, 1.54) is 4.90 Å². The number of thioether (sulfide) groups is 1. The van der Waals surface area contributed by atoms with Crippen molar-refractivity contribution >= 4 is 63.4 Å². The second kappa shape index (κ2) is 19.3. The van der Waals surface area contributed by atoms with Gasteiger partial charge in [-0.1, -0.05) is 23.9 Å². The number of thiazole rings is 1. The van der Waals surface area contributed by atoms with Crippen molar-refractivity contribution in [3.8, 4) is 33.5 Å². The van der Waals surface area contributed by atoms with E-state index in [1.54, 1.807) is 63.0 Å². The zero-order chi connectivity index (χ0) is 43.9. The molecule has 19 nitrogen and oxygen atoms in total. The average molecular weight is 885 g/mol. The molecule has 63 heavy (non-hydrogen) atoms. The van der Waals surface area contributed by atoms with Crippen molar-refractivity contribution in [2.75, 3.05) is 37.8 Å². The Morgan fingerprint density at radius 3 is 1.70 bits per heavy atom. The van der Waals surface area contributed by atoms with Crippen LogP contribution in [0.1, 0.15) is 18.5 Å². The molecule has 7 aromatic heterocycles. The zero-order valence-corrected chi connectivity index (χ0v) is 36.4. The molecule has 10 heterocycles. The minimum atomic E-state index is -0.722. The molecule has 2 amide bonds. The van der Waals surface area contributed by atoms with Crippen LogP contribution in [0.15, 0.2) is 103 Å². The Morgan fingerprint density at radius 2 is 1.21 bits per heavy atom. The molecular formula is C42H44N16O3S2. The fourth-order valence-electron chi connectivity index (χ4n) is 6.71. The van der Waals surface area contributed by atoms with Crippen LogP contribution in [0.2, 0.25) is 0 Å². The Labute approximate surface area is 370 Å². The maximum Gasteiger partial charge on any atom is 0.251 e. The number of amides is 2. The number of carbonyl (C=O) groups excluding carboxylic acids is 2. The van der Waals surface area contributed by atoms with Crippen LogP contribution in [-0.4, -0.2) is 120 Å². The second-order valence-corrected chi connectivity index (χ2v) is 16.7. The highest BCUT2D eigenvalue weighted by atomic mass is 32.2. The summed E-state index contributed by atoms with van der Waals surface area (Å²) in [5, 5.41) is 29.7. The van der Waals surface area contributed by atoms with Gasteiger partial charge in [-0.05, 0) is 49.2 Å². The first-order chi connectivity index (χ1) is 30.6. The molecule has 0 saturated carbocycles. The lowest BCUT2D eigenvalue weighted by Crippen LogP contribution is -2.33. The van der Waals surface area contributed by atoms with E-state index in [2.05, 4.69) is 56.1 Å². The number of hydrogen-bond acceptors (Lipinski definition) is 17. The molecule has 0 radical (unpaired) electrons. The van der Waals surface area contributed by atoms with E-state index in [1.807, 2.05) is 106 Å². The van der Waals surface area contributed by atoms with Gasteiger partial charge in [0.1, 0.15) is 11.1 Å². The third kappa shape index (κ3) is 10.5. The molecule has 3 atom stereocenters. The Morgan fingerprint density at radius 1 is 0.651 bits per heavy atom. The maximum atomic E-state index is 12.3. The number of nitrogens with zero attached hydrogens (tertiary/aromatic N) is 13. The largest absolute Gasteiger partial charge is 0.383 e. The number of rotatable bonds is 9. The molecule has 3 aliphatic rings. The molecule has 0 aliphatic carbocycles. The predicted octanol–water partition coefficient (Wildman–Crippen LogP) is 4.80. The number of anilines is 4. The molecule has 322 valence electrons. The van der Waals surface area contributed by atoms with Crippen molar-refractivity contribution in [2.45, 2.75) is 24.3 Å². The van der Waals surface area contributed by atoms with Gasteiger partial charge in [0.25, 0.3) is 5.91 Å². The molecular weight excluding hydrogens is 841 g/mol. The van der Waals surface area contributed by atoms with Crippen LogP contribution >= 0.6 is 23.1 Å². The van der Waals surface area contributed by atoms with Gasteiger partial charge in [-0.25, -0.2) is 34.9 Å². The normalized spacial score (nSPS) is 18.0. The lowest BCUT2D eigenvalue weighted by atomic mass is 10.1. The first kappa shape index (κ1) is 42.6. The minimum absolute atomic E-state index is 0.00553. The number of nitrogens with one attached hydrogen (secondary N) is 3. The van der Waals surface area contributed by atoms with Crippen LogP contribution in [0.25, 0.3) is 38.4 Å². The monoisotopic (exact) mass is 884 g/mol. The van der Waals surface area contributed by atoms with Gasteiger partial charge in [0.05, 0.1) is 50.4 Å². The summed E-state index contributed by atoms with van der Waals surface area (Å²) in [5.41, 5.74) is 4.67. The smallest absolute Gasteiger partial charge is 0.251 e. The predicted molar refractivity (Wildman–Crippen MR) is 241 cm³/mol. The summed E-state index contributed by atoms with van der Waals surface area (Å²) >= 11 is 3.22. The minimum Gasteiger partial charge on any atom is -0.383 e. The summed E-state index contributed by atoms with van der Waals surface area (Å²) < 4.78 is 3.42. The highest BCUT2D eigenvalue weighted by Crippen LogP contribution is 2.40.